The summed E-state index contributed by atoms with van der Waals surface area (Å²) in [5.41, 5.74) is 5.43. The highest BCUT2D eigenvalue weighted by atomic mass is 16.5. The Hall–Kier alpha value is -2.12. The number of benzene rings is 1. The van der Waals surface area contributed by atoms with Gasteiger partial charge in [0.1, 0.15) is 11.8 Å². The third kappa shape index (κ3) is 3.44. The van der Waals surface area contributed by atoms with Gasteiger partial charge >= 0.3 is 5.97 Å². The third-order valence-electron chi connectivity index (χ3n) is 2.18. The Kier molecular flexibility index (Phi) is 4.64. The van der Waals surface area contributed by atoms with E-state index in [4.69, 9.17) is 15.6 Å². The van der Waals surface area contributed by atoms with Crippen molar-refractivity contribution in [3.63, 3.8) is 0 Å². The summed E-state index contributed by atoms with van der Waals surface area (Å²) in [5.74, 6) is -1.97. The van der Waals surface area contributed by atoms with Gasteiger partial charge in [-0.1, -0.05) is 0 Å². The predicted molar refractivity (Wildman–Crippen MR) is 63.5 cm³/mol. The summed E-state index contributed by atoms with van der Waals surface area (Å²) in [6, 6.07) is 2.65. The van der Waals surface area contributed by atoms with E-state index in [2.05, 4.69) is 5.32 Å². The zero-order valence-corrected chi connectivity index (χ0v) is 9.71. The molecule has 0 radical (unpaired) electrons. The second-order valence-electron chi connectivity index (χ2n) is 3.59. The first-order chi connectivity index (χ1) is 8.45. The van der Waals surface area contributed by atoms with Crippen LogP contribution in [0.25, 0.3) is 0 Å². The van der Waals surface area contributed by atoms with Gasteiger partial charge in [-0.05, 0) is 18.2 Å². The number of anilines is 1. The highest BCUT2D eigenvalue weighted by molar-refractivity contribution is 5.98. The minimum Gasteiger partial charge on any atom is -0.506 e. The smallest absolute Gasteiger partial charge is 0.335 e. The van der Waals surface area contributed by atoms with Crippen LogP contribution in [0.5, 0.6) is 5.75 Å². The van der Waals surface area contributed by atoms with Crippen molar-refractivity contribution in [2.24, 2.45) is 5.73 Å². The van der Waals surface area contributed by atoms with E-state index < -0.39 is 17.9 Å². The molecule has 1 rings (SSSR count). The zero-order valence-electron chi connectivity index (χ0n) is 9.71. The van der Waals surface area contributed by atoms with Crippen LogP contribution in [0.2, 0.25) is 0 Å². The number of carbonyl (C=O) groups excluding carboxylic acids is 1. The van der Waals surface area contributed by atoms with E-state index in [1.165, 1.54) is 19.2 Å². The van der Waals surface area contributed by atoms with Crippen molar-refractivity contribution in [3.05, 3.63) is 23.8 Å². The van der Waals surface area contributed by atoms with Crippen molar-refractivity contribution in [3.8, 4) is 5.75 Å². The van der Waals surface area contributed by atoms with E-state index in [0.29, 0.717) is 0 Å². The van der Waals surface area contributed by atoms with E-state index in [1.54, 1.807) is 0 Å². The first-order valence-electron chi connectivity index (χ1n) is 5.07. The molecule has 1 aromatic carbocycles. The number of ether oxygens (including phenoxy) is 1. The second-order valence-corrected chi connectivity index (χ2v) is 3.59. The van der Waals surface area contributed by atoms with Crippen molar-refractivity contribution in [2.75, 3.05) is 19.0 Å². The summed E-state index contributed by atoms with van der Waals surface area (Å²) in [7, 11) is 1.40. The molecule has 7 nitrogen and oxygen atoms in total. The van der Waals surface area contributed by atoms with Crippen molar-refractivity contribution in [2.45, 2.75) is 6.04 Å². The number of carboxylic acids is 1. The number of carbonyl (C=O) groups is 2. The van der Waals surface area contributed by atoms with Crippen LogP contribution in [0, 0.1) is 0 Å². The number of phenols is 1. The van der Waals surface area contributed by atoms with Gasteiger partial charge in [0.05, 0.1) is 17.9 Å². The number of aromatic carboxylic acids is 1. The van der Waals surface area contributed by atoms with Crippen molar-refractivity contribution in [1.29, 1.82) is 0 Å². The molecule has 7 heteroatoms. The quantitative estimate of drug-likeness (QED) is 0.549. The maximum absolute atomic E-state index is 11.6. The number of hydrogen-bond donors (Lipinski definition) is 4. The van der Waals surface area contributed by atoms with Crippen molar-refractivity contribution in [1.82, 2.24) is 0 Å². The molecule has 1 aromatic rings. The van der Waals surface area contributed by atoms with Crippen LogP contribution >= 0.6 is 0 Å². The molecule has 18 heavy (non-hydrogen) atoms. The Balaban J connectivity index is 2.86. The molecular weight excluding hydrogens is 240 g/mol. The number of nitrogens with two attached hydrogens (primary N) is 1. The summed E-state index contributed by atoms with van der Waals surface area (Å²) < 4.78 is 4.71. The van der Waals surface area contributed by atoms with Crippen LogP contribution in [0.4, 0.5) is 5.69 Å². The van der Waals surface area contributed by atoms with Gasteiger partial charge in [-0.25, -0.2) is 4.79 Å². The lowest BCUT2D eigenvalue weighted by Crippen LogP contribution is -2.39. The second kappa shape index (κ2) is 5.99. The molecule has 0 heterocycles. The molecule has 0 fully saturated rings. The Morgan fingerprint density at radius 3 is 2.72 bits per heavy atom. The van der Waals surface area contributed by atoms with Crippen LogP contribution in [-0.2, 0) is 9.53 Å². The standard InChI is InChI=1S/C11H14N2O5/c1-18-5-7(12)10(15)13-8-4-6(11(16)17)2-3-9(8)14/h2-4,7,14H,5,12H2,1H3,(H,13,15)(H,16,17). The van der Waals surface area contributed by atoms with Crippen LogP contribution in [0.15, 0.2) is 18.2 Å². The van der Waals surface area contributed by atoms with Gasteiger partial charge in [0.25, 0.3) is 0 Å². The molecule has 0 aliphatic carbocycles. The largest absolute Gasteiger partial charge is 0.506 e. The topological polar surface area (TPSA) is 122 Å². The van der Waals surface area contributed by atoms with Gasteiger partial charge in [0, 0.05) is 7.11 Å². The van der Waals surface area contributed by atoms with Crippen molar-refractivity contribution >= 4 is 17.6 Å². The molecule has 1 atom stereocenters. The van der Waals surface area contributed by atoms with Gasteiger partial charge in [0.15, 0.2) is 0 Å². The zero-order chi connectivity index (χ0) is 13.7. The maximum atomic E-state index is 11.6. The lowest BCUT2D eigenvalue weighted by molar-refractivity contribution is -0.118. The number of carboxylic acid groups (broad SMARTS) is 1. The van der Waals surface area contributed by atoms with E-state index >= 15 is 0 Å². The minimum atomic E-state index is -1.16. The van der Waals surface area contributed by atoms with Gasteiger partial charge in [-0.2, -0.15) is 0 Å². The minimum absolute atomic E-state index is 0.00791. The molecule has 0 aliphatic heterocycles. The van der Waals surface area contributed by atoms with Gasteiger partial charge in [0.2, 0.25) is 5.91 Å². The number of rotatable bonds is 5. The molecule has 0 saturated heterocycles. The molecular formula is C11H14N2O5. The summed E-state index contributed by atoms with van der Waals surface area (Å²) >= 11 is 0. The molecule has 1 unspecified atom stereocenters. The van der Waals surface area contributed by atoms with Crippen LogP contribution in [0.1, 0.15) is 10.4 Å². The maximum Gasteiger partial charge on any atom is 0.335 e. The first kappa shape index (κ1) is 13.9. The SMILES string of the molecule is COCC(N)C(=O)Nc1cc(C(=O)O)ccc1O. The molecule has 0 aliphatic rings. The Morgan fingerprint density at radius 2 is 2.17 bits per heavy atom. The molecule has 1 amide bonds. The fraction of sp³-hybridized carbons (Fsp3) is 0.273. The predicted octanol–water partition coefficient (Wildman–Crippen LogP) is 0.00260. The number of methoxy groups -OCH3 is 1. The molecule has 0 bridgehead atoms. The molecule has 0 spiro atoms. The fourth-order valence-electron chi connectivity index (χ4n) is 1.25. The van der Waals surface area contributed by atoms with Gasteiger partial charge in [-0.15, -0.1) is 0 Å². The van der Waals surface area contributed by atoms with Gasteiger partial charge < -0.3 is 26.0 Å². The highest BCUT2D eigenvalue weighted by Crippen LogP contribution is 2.24. The fourth-order valence-corrected chi connectivity index (χ4v) is 1.25. The highest BCUT2D eigenvalue weighted by Gasteiger charge is 2.16. The summed E-state index contributed by atoms with van der Waals surface area (Å²) in [4.78, 5) is 22.3. The number of hydrogen-bond acceptors (Lipinski definition) is 5. The van der Waals surface area contributed by atoms with Crippen LogP contribution in [0.3, 0.4) is 0 Å². The summed E-state index contributed by atoms with van der Waals surface area (Å²) in [5, 5.41) is 20.6. The van der Waals surface area contributed by atoms with Crippen LogP contribution in [-0.4, -0.2) is 41.8 Å². The van der Waals surface area contributed by atoms with E-state index in [0.717, 1.165) is 6.07 Å². The Morgan fingerprint density at radius 1 is 1.50 bits per heavy atom. The molecule has 0 aromatic heterocycles. The Labute approximate surface area is 103 Å². The van der Waals surface area contributed by atoms with E-state index in [9.17, 15) is 14.7 Å². The van der Waals surface area contributed by atoms with Crippen molar-refractivity contribution < 1.29 is 24.5 Å². The lowest BCUT2D eigenvalue weighted by atomic mass is 10.2. The molecule has 0 saturated carbocycles. The molecule has 5 N–H and O–H groups in total. The number of amides is 1. The Bertz CT molecular complexity index is 461. The average Bonchev–Trinajstić information content (AvgIpc) is 2.31. The van der Waals surface area contributed by atoms with E-state index in [-0.39, 0.29) is 23.6 Å². The third-order valence-corrected chi connectivity index (χ3v) is 2.18. The number of phenolic OH excluding ortho intramolecular Hbond substituents is 1. The van der Waals surface area contributed by atoms with Gasteiger partial charge in [-0.3, -0.25) is 4.79 Å². The van der Waals surface area contributed by atoms with E-state index in [1.807, 2.05) is 0 Å². The first-order valence-corrected chi connectivity index (χ1v) is 5.07. The lowest BCUT2D eigenvalue weighted by Gasteiger charge is -2.12. The summed E-state index contributed by atoms with van der Waals surface area (Å²) in [6.07, 6.45) is 0. The normalized spacial score (nSPS) is 11.9. The molecule has 98 valence electrons. The average molecular weight is 254 g/mol. The summed E-state index contributed by atoms with van der Waals surface area (Å²) in [6.45, 7) is 0.0191. The number of aromatic hydroxyl groups is 1. The number of nitrogens with one attached hydrogen (secondary N) is 1. The monoisotopic (exact) mass is 254 g/mol. The van der Waals surface area contributed by atoms with Crippen LogP contribution < -0.4 is 11.1 Å².